The zero-order valence-corrected chi connectivity index (χ0v) is 20.5. The van der Waals surface area contributed by atoms with Crippen LogP contribution in [-0.2, 0) is 4.74 Å². The van der Waals surface area contributed by atoms with Gasteiger partial charge in [-0.3, -0.25) is 0 Å². The summed E-state index contributed by atoms with van der Waals surface area (Å²) in [7, 11) is 0. The van der Waals surface area contributed by atoms with E-state index in [0.717, 1.165) is 54.5 Å². The molecule has 0 heterocycles. The van der Waals surface area contributed by atoms with Crippen LogP contribution >= 0.6 is 0 Å². The molecule has 3 aliphatic rings. The minimum Gasteiger partial charge on any atom is -0.396 e. The molecule has 0 aliphatic heterocycles. The fraction of sp³-hybridized carbons (Fsp3) is 1.00. The molecule has 1 N–H and O–H groups in total. The van der Waals surface area contributed by atoms with Crippen LogP contribution in [0.3, 0.4) is 0 Å². The molecule has 0 bridgehead atoms. The van der Waals surface area contributed by atoms with Crippen molar-refractivity contribution in [1.82, 2.24) is 0 Å². The Balaban J connectivity index is 1.46. The van der Waals surface area contributed by atoms with Crippen molar-refractivity contribution in [1.29, 1.82) is 0 Å². The van der Waals surface area contributed by atoms with E-state index < -0.39 is 0 Å². The van der Waals surface area contributed by atoms with E-state index in [2.05, 4.69) is 20.8 Å². The molecular weight excluding hydrogens is 368 g/mol. The van der Waals surface area contributed by atoms with Gasteiger partial charge in [-0.1, -0.05) is 65.7 Å². The van der Waals surface area contributed by atoms with Crippen LogP contribution in [0.25, 0.3) is 0 Å². The Labute approximate surface area is 187 Å². The Morgan fingerprint density at radius 2 is 1.37 bits per heavy atom. The fourth-order valence-corrected chi connectivity index (χ4v) is 7.42. The van der Waals surface area contributed by atoms with Crippen LogP contribution in [0.2, 0.25) is 0 Å². The van der Waals surface area contributed by atoms with Gasteiger partial charge in [0.15, 0.2) is 0 Å². The van der Waals surface area contributed by atoms with Gasteiger partial charge in [-0.25, -0.2) is 0 Å². The Kier molecular flexibility index (Phi) is 10.5. The van der Waals surface area contributed by atoms with Crippen LogP contribution in [0.4, 0.5) is 0 Å². The van der Waals surface area contributed by atoms with Gasteiger partial charge >= 0.3 is 0 Å². The lowest BCUT2D eigenvalue weighted by atomic mass is 9.60. The van der Waals surface area contributed by atoms with E-state index in [-0.39, 0.29) is 0 Å². The summed E-state index contributed by atoms with van der Waals surface area (Å²) in [5.74, 6) is 6.46. The number of unbranched alkanes of at least 4 members (excludes halogenated alkanes) is 1. The maximum absolute atomic E-state index is 9.10. The summed E-state index contributed by atoms with van der Waals surface area (Å²) in [6.07, 6.45) is 20.9. The number of hydrogen-bond donors (Lipinski definition) is 1. The molecule has 3 aliphatic carbocycles. The first-order valence-corrected chi connectivity index (χ1v) is 13.9. The third kappa shape index (κ3) is 6.96. The summed E-state index contributed by atoms with van der Waals surface area (Å²) in [6, 6.07) is 0. The minimum absolute atomic E-state index is 0.371. The number of hydrogen-bond acceptors (Lipinski definition) is 2. The van der Waals surface area contributed by atoms with Crippen molar-refractivity contribution in [2.75, 3.05) is 13.2 Å². The van der Waals surface area contributed by atoms with E-state index in [0.29, 0.717) is 12.7 Å². The summed E-state index contributed by atoms with van der Waals surface area (Å²) in [6.45, 7) is 8.69. The first kappa shape index (κ1) is 24.6. The molecule has 2 nitrogen and oxygen atoms in total. The van der Waals surface area contributed by atoms with Crippen LogP contribution in [0.15, 0.2) is 0 Å². The molecule has 0 saturated heterocycles. The van der Waals surface area contributed by atoms with Crippen LogP contribution in [0, 0.1) is 41.4 Å². The summed E-state index contributed by atoms with van der Waals surface area (Å²) < 4.78 is 6.53. The van der Waals surface area contributed by atoms with E-state index in [1.165, 1.54) is 89.9 Å². The lowest BCUT2D eigenvalue weighted by Crippen LogP contribution is -2.39. The molecular formula is C28H52O2. The predicted molar refractivity (Wildman–Crippen MR) is 128 cm³/mol. The van der Waals surface area contributed by atoms with Crippen LogP contribution in [-0.4, -0.2) is 24.4 Å². The van der Waals surface area contributed by atoms with Gasteiger partial charge in [0.25, 0.3) is 0 Å². The average Bonchev–Trinajstić information content (AvgIpc) is 2.78. The van der Waals surface area contributed by atoms with Gasteiger partial charge in [0.2, 0.25) is 0 Å². The highest BCUT2D eigenvalue weighted by molar-refractivity contribution is 4.90. The van der Waals surface area contributed by atoms with E-state index in [1.54, 1.807) is 0 Å². The zero-order valence-electron chi connectivity index (χ0n) is 20.5. The van der Waals surface area contributed by atoms with Crippen molar-refractivity contribution in [3.63, 3.8) is 0 Å². The molecule has 0 aromatic heterocycles. The van der Waals surface area contributed by atoms with Crippen molar-refractivity contribution in [2.45, 2.75) is 123 Å². The number of rotatable bonds is 10. The molecule has 0 aromatic carbocycles. The summed E-state index contributed by atoms with van der Waals surface area (Å²) in [4.78, 5) is 0. The van der Waals surface area contributed by atoms with E-state index >= 15 is 0 Å². The molecule has 3 rings (SSSR count). The van der Waals surface area contributed by atoms with Crippen molar-refractivity contribution in [3.8, 4) is 0 Å². The zero-order chi connectivity index (χ0) is 21.3. The van der Waals surface area contributed by atoms with E-state index in [1.807, 2.05) is 0 Å². The second kappa shape index (κ2) is 12.8. The predicted octanol–water partition coefficient (Wildman–Crippen LogP) is 7.63. The molecule has 6 atom stereocenters. The lowest BCUT2D eigenvalue weighted by Gasteiger charge is -2.46. The Bertz CT molecular complexity index is 456. The van der Waals surface area contributed by atoms with E-state index in [4.69, 9.17) is 9.84 Å². The third-order valence-corrected chi connectivity index (χ3v) is 9.47. The molecule has 3 saturated carbocycles. The van der Waals surface area contributed by atoms with E-state index in [9.17, 15) is 0 Å². The fourth-order valence-electron chi connectivity index (χ4n) is 7.42. The van der Waals surface area contributed by atoms with Crippen molar-refractivity contribution >= 4 is 0 Å². The molecule has 176 valence electrons. The number of ether oxygens (including phenoxy) is 1. The molecule has 0 spiro atoms. The maximum atomic E-state index is 9.10. The minimum atomic E-state index is 0.371. The van der Waals surface area contributed by atoms with Gasteiger partial charge < -0.3 is 9.84 Å². The highest BCUT2D eigenvalue weighted by Crippen LogP contribution is 2.48. The summed E-state index contributed by atoms with van der Waals surface area (Å²) in [5, 5.41) is 9.10. The Hall–Kier alpha value is -0.0800. The quantitative estimate of drug-likeness (QED) is 0.368. The van der Waals surface area contributed by atoms with Gasteiger partial charge in [0, 0.05) is 13.2 Å². The van der Waals surface area contributed by atoms with Crippen molar-refractivity contribution in [3.05, 3.63) is 0 Å². The third-order valence-electron chi connectivity index (χ3n) is 9.47. The Morgan fingerprint density at radius 3 is 2.03 bits per heavy atom. The molecule has 3 fully saturated rings. The average molecular weight is 421 g/mol. The SMILES string of the molecule is CCC1CC(CCCCO)CCC1C1CCC(OCC2CCC(C)CC2)CC1CC. The monoisotopic (exact) mass is 420 g/mol. The first-order chi connectivity index (χ1) is 14.6. The van der Waals surface area contributed by atoms with Crippen LogP contribution < -0.4 is 0 Å². The molecule has 2 heteroatoms. The smallest absolute Gasteiger partial charge is 0.0578 e. The van der Waals surface area contributed by atoms with Crippen LogP contribution in [0.1, 0.15) is 117 Å². The largest absolute Gasteiger partial charge is 0.396 e. The van der Waals surface area contributed by atoms with Gasteiger partial charge in [0.05, 0.1) is 6.10 Å². The second-order valence-electron chi connectivity index (χ2n) is 11.5. The second-order valence-corrected chi connectivity index (χ2v) is 11.5. The summed E-state index contributed by atoms with van der Waals surface area (Å²) >= 11 is 0. The van der Waals surface area contributed by atoms with Crippen molar-refractivity contribution in [2.24, 2.45) is 41.4 Å². The number of aliphatic hydroxyl groups excluding tert-OH is 1. The number of aliphatic hydroxyl groups is 1. The highest BCUT2D eigenvalue weighted by Gasteiger charge is 2.40. The van der Waals surface area contributed by atoms with Crippen LogP contribution in [0.5, 0.6) is 0 Å². The Morgan fingerprint density at radius 1 is 0.733 bits per heavy atom. The first-order valence-electron chi connectivity index (χ1n) is 13.9. The van der Waals surface area contributed by atoms with Gasteiger partial charge in [-0.15, -0.1) is 0 Å². The van der Waals surface area contributed by atoms with Gasteiger partial charge in [0.1, 0.15) is 0 Å². The maximum Gasteiger partial charge on any atom is 0.0578 e. The molecule has 6 unspecified atom stereocenters. The molecule has 0 aromatic rings. The van der Waals surface area contributed by atoms with Gasteiger partial charge in [-0.05, 0) is 92.8 Å². The molecule has 0 amide bonds. The van der Waals surface area contributed by atoms with Crippen molar-refractivity contribution < 1.29 is 9.84 Å². The summed E-state index contributed by atoms with van der Waals surface area (Å²) in [5.41, 5.74) is 0. The van der Waals surface area contributed by atoms with Gasteiger partial charge in [-0.2, -0.15) is 0 Å². The molecule has 0 radical (unpaired) electrons. The highest BCUT2D eigenvalue weighted by atomic mass is 16.5. The topological polar surface area (TPSA) is 29.5 Å². The normalized spacial score (nSPS) is 40.4. The molecule has 30 heavy (non-hydrogen) atoms. The standard InChI is InChI=1S/C28H52O2/c1-4-24-18-22(8-6-7-17-29)13-15-27(24)28-16-14-26(19-25(28)5-2)30-20-23-11-9-21(3)10-12-23/h21-29H,4-20H2,1-3H3. The lowest BCUT2D eigenvalue weighted by molar-refractivity contribution is -0.0457.